The molecular weight excluding hydrogens is 228 g/mol. The standard InChI is InChI=1S/C13H18N4O/c1-10-15-11(2)17(16-10)6-7-18-13-5-3-4-12(8-13)9-14/h3-5,8H,6-7,9,14H2,1-2H3. The highest BCUT2D eigenvalue weighted by molar-refractivity contribution is 5.28. The zero-order valence-corrected chi connectivity index (χ0v) is 10.8. The third-order valence-electron chi connectivity index (χ3n) is 2.67. The van der Waals surface area contributed by atoms with Crippen molar-refractivity contribution >= 4 is 0 Å². The van der Waals surface area contributed by atoms with Gasteiger partial charge in [-0.05, 0) is 31.5 Å². The summed E-state index contributed by atoms with van der Waals surface area (Å²) in [5.41, 5.74) is 6.65. The van der Waals surface area contributed by atoms with E-state index in [2.05, 4.69) is 10.1 Å². The van der Waals surface area contributed by atoms with Gasteiger partial charge < -0.3 is 10.5 Å². The van der Waals surface area contributed by atoms with E-state index in [9.17, 15) is 0 Å². The zero-order valence-electron chi connectivity index (χ0n) is 10.8. The molecule has 0 fully saturated rings. The van der Waals surface area contributed by atoms with Crippen LogP contribution in [0.5, 0.6) is 5.75 Å². The van der Waals surface area contributed by atoms with Gasteiger partial charge in [-0.25, -0.2) is 9.67 Å². The maximum absolute atomic E-state index is 5.67. The number of nitrogens with two attached hydrogens (primary N) is 1. The van der Waals surface area contributed by atoms with Crippen LogP contribution in [0.15, 0.2) is 24.3 Å². The summed E-state index contributed by atoms with van der Waals surface area (Å²) in [6.45, 7) is 5.61. The van der Waals surface area contributed by atoms with E-state index in [4.69, 9.17) is 10.5 Å². The molecule has 2 aromatic rings. The average Bonchev–Trinajstić information content (AvgIpc) is 2.68. The van der Waals surface area contributed by atoms with Crippen LogP contribution in [0.3, 0.4) is 0 Å². The van der Waals surface area contributed by atoms with Crippen LogP contribution in [0.2, 0.25) is 0 Å². The van der Waals surface area contributed by atoms with Crippen LogP contribution in [0, 0.1) is 13.8 Å². The van der Waals surface area contributed by atoms with Crippen molar-refractivity contribution in [1.29, 1.82) is 0 Å². The molecule has 0 aliphatic rings. The molecule has 96 valence electrons. The molecule has 0 aliphatic heterocycles. The Bertz CT molecular complexity index is 521. The topological polar surface area (TPSA) is 66.0 Å². The minimum Gasteiger partial charge on any atom is -0.492 e. The number of benzene rings is 1. The molecular formula is C13H18N4O. The third-order valence-corrected chi connectivity index (χ3v) is 2.67. The summed E-state index contributed by atoms with van der Waals surface area (Å²) >= 11 is 0. The van der Waals surface area contributed by atoms with Crippen molar-refractivity contribution in [3.05, 3.63) is 41.5 Å². The first kappa shape index (κ1) is 12.6. The van der Waals surface area contributed by atoms with Crippen molar-refractivity contribution in [2.45, 2.75) is 26.9 Å². The van der Waals surface area contributed by atoms with Gasteiger partial charge >= 0.3 is 0 Å². The van der Waals surface area contributed by atoms with E-state index in [0.29, 0.717) is 19.7 Å². The number of aryl methyl sites for hydroxylation is 2. The fourth-order valence-corrected chi connectivity index (χ4v) is 1.79. The molecule has 0 amide bonds. The Morgan fingerprint density at radius 2 is 2.17 bits per heavy atom. The van der Waals surface area contributed by atoms with E-state index >= 15 is 0 Å². The number of ether oxygens (including phenoxy) is 1. The Kier molecular flexibility index (Phi) is 3.94. The molecule has 0 radical (unpaired) electrons. The van der Waals surface area contributed by atoms with Gasteiger partial charge in [0.2, 0.25) is 0 Å². The Morgan fingerprint density at radius 3 is 2.83 bits per heavy atom. The highest BCUT2D eigenvalue weighted by Crippen LogP contribution is 2.12. The molecule has 5 heteroatoms. The Hall–Kier alpha value is -1.88. The van der Waals surface area contributed by atoms with Crippen molar-refractivity contribution in [2.24, 2.45) is 5.73 Å². The molecule has 0 bridgehead atoms. The number of rotatable bonds is 5. The second-order valence-electron chi connectivity index (χ2n) is 4.13. The molecule has 0 unspecified atom stereocenters. The third kappa shape index (κ3) is 3.07. The number of hydrogen-bond donors (Lipinski definition) is 1. The summed E-state index contributed by atoms with van der Waals surface area (Å²) in [6, 6.07) is 7.82. The van der Waals surface area contributed by atoms with Crippen molar-refractivity contribution < 1.29 is 4.74 Å². The van der Waals surface area contributed by atoms with Gasteiger partial charge in [0.25, 0.3) is 0 Å². The number of aromatic nitrogens is 3. The summed E-state index contributed by atoms with van der Waals surface area (Å²) in [7, 11) is 0. The quantitative estimate of drug-likeness (QED) is 0.866. The van der Waals surface area contributed by atoms with Crippen LogP contribution in [0.25, 0.3) is 0 Å². The SMILES string of the molecule is Cc1nc(C)n(CCOc2cccc(CN)c2)n1. The largest absolute Gasteiger partial charge is 0.492 e. The number of nitrogens with zero attached hydrogens (tertiary/aromatic N) is 3. The minimum atomic E-state index is 0.526. The van der Waals surface area contributed by atoms with E-state index < -0.39 is 0 Å². The molecule has 1 aromatic carbocycles. The predicted octanol–water partition coefficient (Wildman–Crippen LogP) is 1.43. The van der Waals surface area contributed by atoms with Crippen molar-refractivity contribution in [3.8, 4) is 5.75 Å². The lowest BCUT2D eigenvalue weighted by Gasteiger charge is -2.08. The smallest absolute Gasteiger partial charge is 0.147 e. The second kappa shape index (κ2) is 5.64. The summed E-state index contributed by atoms with van der Waals surface area (Å²) < 4.78 is 7.52. The molecule has 18 heavy (non-hydrogen) atoms. The molecule has 2 N–H and O–H groups in total. The highest BCUT2D eigenvalue weighted by atomic mass is 16.5. The zero-order chi connectivity index (χ0) is 13.0. The monoisotopic (exact) mass is 246 g/mol. The Morgan fingerprint density at radius 1 is 1.33 bits per heavy atom. The highest BCUT2D eigenvalue weighted by Gasteiger charge is 2.02. The van der Waals surface area contributed by atoms with E-state index in [1.807, 2.05) is 42.8 Å². The summed E-state index contributed by atoms with van der Waals surface area (Å²) in [6.07, 6.45) is 0. The first-order valence-electron chi connectivity index (χ1n) is 5.99. The van der Waals surface area contributed by atoms with Crippen molar-refractivity contribution in [3.63, 3.8) is 0 Å². The lowest BCUT2D eigenvalue weighted by molar-refractivity contribution is 0.289. The molecule has 0 saturated heterocycles. The van der Waals surface area contributed by atoms with Crippen LogP contribution < -0.4 is 10.5 Å². The van der Waals surface area contributed by atoms with E-state index in [-0.39, 0.29) is 0 Å². The maximum Gasteiger partial charge on any atom is 0.147 e. The molecule has 0 spiro atoms. The fourth-order valence-electron chi connectivity index (χ4n) is 1.79. The summed E-state index contributed by atoms with van der Waals surface area (Å²) in [4.78, 5) is 4.24. The predicted molar refractivity (Wildman–Crippen MR) is 69.3 cm³/mol. The first-order valence-corrected chi connectivity index (χ1v) is 5.99. The van der Waals surface area contributed by atoms with Gasteiger partial charge in [-0.3, -0.25) is 0 Å². The van der Waals surface area contributed by atoms with Gasteiger partial charge in [0.15, 0.2) is 0 Å². The van der Waals surface area contributed by atoms with Crippen LogP contribution in [0.4, 0.5) is 0 Å². The first-order chi connectivity index (χ1) is 8.69. The minimum absolute atomic E-state index is 0.526. The Balaban J connectivity index is 1.90. The molecule has 5 nitrogen and oxygen atoms in total. The average molecular weight is 246 g/mol. The number of hydrogen-bond acceptors (Lipinski definition) is 4. The van der Waals surface area contributed by atoms with Gasteiger partial charge in [0, 0.05) is 6.54 Å². The van der Waals surface area contributed by atoms with E-state index in [0.717, 1.165) is 23.0 Å². The lowest BCUT2D eigenvalue weighted by Crippen LogP contribution is -2.11. The van der Waals surface area contributed by atoms with Gasteiger partial charge in [0.05, 0.1) is 6.54 Å². The van der Waals surface area contributed by atoms with Crippen LogP contribution in [0.1, 0.15) is 17.2 Å². The van der Waals surface area contributed by atoms with Gasteiger partial charge in [-0.1, -0.05) is 12.1 Å². The van der Waals surface area contributed by atoms with Crippen LogP contribution in [-0.2, 0) is 13.1 Å². The van der Waals surface area contributed by atoms with E-state index in [1.165, 1.54) is 0 Å². The fraction of sp³-hybridized carbons (Fsp3) is 0.385. The molecule has 0 aliphatic carbocycles. The van der Waals surface area contributed by atoms with Gasteiger partial charge in [-0.2, -0.15) is 5.10 Å². The van der Waals surface area contributed by atoms with Crippen molar-refractivity contribution in [2.75, 3.05) is 6.61 Å². The molecule has 0 atom stereocenters. The summed E-state index contributed by atoms with van der Waals surface area (Å²) in [5, 5.41) is 4.28. The van der Waals surface area contributed by atoms with Gasteiger partial charge in [-0.15, -0.1) is 0 Å². The van der Waals surface area contributed by atoms with E-state index in [1.54, 1.807) is 0 Å². The van der Waals surface area contributed by atoms with Crippen molar-refractivity contribution in [1.82, 2.24) is 14.8 Å². The summed E-state index contributed by atoms with van der Waals surface area (Å²) in [5.74, 6) is 2.54. The molecule has 1 heterocycles. The normalized spacial score (nSPS) is 10.6. The van der Waals surface area contributed by atoms with Gasteiger partial charge in [0.1, 0.15) is 24.0 Å². The Labute approximate surface area is 107 Å². The molecule has 1 aromatic heterocycles. The van der Waals surface area contributed by atoms with Crippen LogP contribution in [-0.4, -0.2) is 21.4 Å². The van der Waals surface area contributed by atoms with Crippen LogP contribution >= 0.6 is 0 Å². The lowest BCUT2D eigenvalue weighted by atomic mass is 10.2. The maximum atomic E-state index is 5.67. The second-order valence-corrected chi connectivity index (χ2v) is 4.13. The molecule has 0 saturated carbocycles. The molecule has 2 rings (SSSR count).